The molecule has 0 radical (unpaired) electrons. The minimum absolute atomic E-state index is 0.315. The third kappa shape index (κ3) is 3.93. The fourth-order valence-corrected chi connectivity index (χ4v) is 3.78. The summed E-state index contributed by atoms with van der Waals surface area (Å²) in [6, 6.07) is 17.8. The second-order valence-corrected chi connectivity index (χ2v) is 7.37. The fourth-order valence-electron chi connectivity index (χ4n) is 3.78. The number of furan rings is 1. The summed E-state index contributed by atoms with van der Waals surface area (Å²) in [6.45, 7) is 7.26. The van der Waals surface area contributed by atoms with Gasteiger partial charge in [-0.2, -0.15) is 0 Å². The number of aromatic carboxylic acids is 1. The molecule has 0 aliphatic carbocycles. The largest absolute Gasteiger partial charge is 0.477 e. The van der Waals surface area contributed by atoms with Gasteiger partial charge in [0, 0.05) is 29.6 Å². The zero-order chi connectivity index (χ0) is 21.1. The van der Waals surface area contributed by atoms with E-state index >= 15 is 0 Å². The second kappa shape index (κ2) is 8.43. The van der Waals surface area contributed by atoms with Crippen LogP contribution in [0.25, 0.3) is 17.0 Å². The summed E-state index contributed by atoms with van der Waals surface area (Å²) in [5, 5.41) is 14.3. The average molecular weight is 400 g/mol. The molecule has 2 aromatic heterocycles. The number of benzene rings is 2. The van der Waals surface area contributed by atoms with Crippen molar-refractivity contribution >= 4 is 22.9 Å². The van der Waals surface area contributed by atoms with Crippen LogP contribution < -0.4 is 5.32 Å². The van der Waals surface area contributed by atoms with Gasteiger partial charge in [-0.05, 0) is 41.8 Å². The molecule has 5 nitrogen and oxygen atoms in total. The molecule has 0 fully saturated rings. The smallest absolute Gasteiger partial charge is 0.352 e. The molecule has 0 unspecified atom stereocenters. The number of hydrogen-bond donors (Lipinski definition) is 2. The Morgan fingerprint density at radius 1 is 1.17 bits per heavy atom. The number of nitrogens with one attached hydrogen (secondary N) is 1. The molecule has 4 rings (SSSR count). The highest BCUT2D eigenvalue weighted by molar-refractivity contribution is 5.98. The molecule has 0 amide bonds. The molecule has 2 aromatic carbocycles. The summed E-state index contributed by atoms with van der Waals surface area (Å²) in [7, 11) is 0. The summed E-state index contributed by atoms with van der Waals surface area (Å²) < 4.78 is 7.26. The van der Waals surface area contributed by atoms with Crippen LogP contribution in [0.4, 0.5) is 0 Å². The first-order valence-corrected chi connectivity index (χ1v) is 9.86. The molecular formula is C25H24N2O3. The van der Waals surface area contributed by atoms with Gasteiger partial charge >= 0.3 is 5.97 Å². The molecule has 0 saturated carbocycles. The van der Waals surface area contributed by atoms with E-state index in [1.165, 1.54) is 0 Å². The zero-order valence-electron chi connectivity index (χ0n) is 16.9. The van der Waals surface area contributed by atoms with Gasteiger partial charge < -0.3 is 19.4 Å². The van der Waals surface area contributed by atoms with Crippen LogP contribution in [0.2, 0.25) is 0 Å². The van der Waals surface area contributed by atoms with Crippen molar-refractivity contribution in [2.75, 3.05) is 0 Å². The SMILES string of the molecule is C=Cc1ccc(Cn2c(C(=O)O)c(CNCc3ccco3)c3ccc(C)cc32)cc1. The summed E-state index contributed by atoms with van der Waals surface area (Å²) in [6.07, 6.45) is 3.43. The zero-order valence-corrected chi connectivity index (χ0v) is 16.9. The molecule has 0 saturated heterocycles. The Labute approximate surface area is 175 Å². The summed E-state index contributed by atoms with van der Waals surface area (Å²) in [5.41, 5.74) is 5.19. The monoisotopic (exact) mass is 400 g/mol. The first kappa shape index (κ1) is 19.7. The lowest BCUT2D eigenvalue weighted by Crippen LogP contribution is -2.17. The van der Waals surface area contributed by atoms with Crippen molar-refractivity contribution < 1.29 is 14.3 Å². The van der Waals surface area contributed by atoms with E-state index in [9.17, 15) is 9.90 Å². The van der Waals surface area contributed by atoms with Crippen LogP contribution in [0, 0.1) is 6.92 Å². The molecule has 4 aromatic rings. The number of carbonyl (C=O) groups is 1. The van der Waals surface area contributed by atoms with Crippen LogP contribution in [0.1, 0.15) is 38.5 Å². The topological polar surface area (TPSA) is 67.4 Å². The molecule has 2 heterocycles. The number of carboxylic acids is 1. The van der Waals surface area contributed by atoms with E-state index < -0.39 is 5.97 Å². The highest BCUT2D eigenvalue weighted by atomic mass is 16.4. The number of hydrogen-bond acceptors (Lipinski definition) is 3. The molecule has 5 heteroatoms. The number of aryl methyl sites for hydroxylation is 1. The third-order valence-corrected chi connectivity index (χ3v) is 5.26. The Morgan fingerprint density at radius 2 is 1.97 bits per heavy atom. The molecule has 0 atom stereocenters. The summed E-state index contributed by atoms with van der Waals surface area (Å²) >= 11 is 0. The number of aromatic nitrogens is 1. The number of carboxylic acid groups (broad SMARTS) is 1. The van der Waals surface area contributed by atoms with Crippen LogP contribution in [-0.4, -0.2) is 15.6 Å². The van der Waals surface area contributed by atoms with Gasteiger partial charge in [-0.15, -0.1) is 0 Å². The van der Waals surface area contributed by atoms with Gasteiger partial charge in [0.25, 0.3) is 0 Å². The molecule has 0 aliphatic heterocycles. The van der Waals surface area contributed by atoms with E-state index in [-0.39, 0.29) is 0 Å². The summed E-state index contributed by atoms with van der Waals surface area (Å²) in [5.74, 6) is -0.116. The van der Waals surface area contributed by atoms with Crippen molar-refractivity contribution in [1.82, 2.24) is 9.88 Å². The van der Waals surface area contributed by atoms with Gasteiger partial charge in [0.15, 0.2) is 0 Å². The maximum absolute atomic E-state index is 12.3. The number of nitrogens with zero attached hydrogens (tertiary/aromatic N) is 1. The van der Waals surface area contributed by atoms with Crippen molar-refractivity contribution in [3.05, 3.63) is 101 Å². The van der Waals surface area contributed by atoms with Crippen LogP contribution in [0.5, 0.6) is 0 Å². The van der Waals surface area contributed by atoms with Gasteiger partial charge in [0.05, 0.1) is 12.8 Å². The number of rotatable bonds is 8. The molecule has 0 spiro atoms. The van der Waals surface area contributed by atoms with E-state index in [0.717, 1.165) is 38.9 Å². The maximum atomic E-state index is 12.3. The molecule has 0 aliphatic rings. The van der Waals surface area contributed by atoms with Crippen LogP contribution in [0.15, 0.2) is 71.9 Å². The lowest BCUT2D eigenvalue weighted by Gasteiger charge is -2.10. The highest BCUT2D eigenvalue weighted by Gasteiger charge is 2.22. The van der Waals surface area contributed by atoms with E-state index in [2.05, 4.69) is 18.0 Å². The predicted octanol–water partition coefficient (Wildman–Crippen LogP) is 5.22. The minimum Gasteiger partial charge on any atom is -0.477 e. The Hall–Kier alpha value is -3.57. The molecule has 0 bridgehead atoms. The average Bonchev–Trinajstić information content (AvgIpc) is 3.35. The molecular weight excluding hydrogens is 376 g/mol. The Balaban J connectivity index is 1.75. The van der Waals surface area contributed by atoms with E-state index in [0.29, 0.717) is 25.3 Å². The molecule has 2 N–H and O–H groups in total. The van der Waals surface area contributed by atoms with Crippen LogP contribution >= 0.6 is 0 Å². The number of fused-ring (bicyclic) bond motifs is 1. The normalized spacial score (nSPS) is 11.1. The first-order valence-electron chi connectivity index (χ1n) is 9.86. The van der Waals surface area contributed by atoms with E-state index in [1.54, 1.807) is 12.3 Å². The van der Waals surface area contributed by atoms with E-state index in [1.807, 2.05) is 60.0 Å². The Morgan fingerprint density at radius 3 is 2.63 bits per heavy atom. The summed E-state index contributed by atoms with van der Waals surface area (Å²) in [4.78, 5) is 12.3. The van der Waals surface area contributed by atoms with Gasteiger partial charge in [-0.1, -0.05) is 49.1 Å². The van der Waals surface area contributed by atoms with Gasteiger partial charge in [-0.3, -0.25) is 0 Å². The van der Waals surface area contributed by atoms with Gasteiger partial charge in [-0.25, -0.2) is 4.79 Å². The van der Waals surface area contributed by atoms with E-state index in [4.69, 9.17) is 4.42 Å². The van der Waals surface area contributed by atoms with Crippen molar-refractivity contribution in [2.24, 2.45) is 0 Å². The predicted molar refractivity (Wildman–Crippen MR) is 119 cm³/mol. The van der Waals surface area contributed by atoms with Gasteiger partial charge in [0.2, 0.25) is 0 Å². The van der Waals surface area contributed by atoms with Crippen molar-refractivity contribution in [1.29, 1.82) is 0 Å². The lowest BCUT2D eigenvalue weighted by molar-refractivity contribution is 0.0685. The fraction of sp³-hybridized carbons (Fsp3) is 0.160. The minimum atomic E-state index is -0.929. The molecule has 152 valence electrons. The third-order valence-electron chi connectivity index (χ3n) is 5.26. The first-order chi connectivity index (χ1) is 14.6. The van der Waals surface area contributed by atoms with Gasteiger partial charge in [0.1, 0.15) is 11.5 Å². The standard InChI is InChI=1S/C25H24N2O3/c1-3-18-7-9-19(10-8-18)16-27-23-13-17(2)6-11-21(23)22(24(27)25(28)29)15-26-14-20-5-4-12-30-20/h3-13,26H,1,14-16H2,2H3,(H,28,29). The maximum Gasteiger partial charge on any atom is 0.352 e. The van der Waals surface area contributed by atoms with Crippen LogP contribution in [0.3, 0.4) is 0 Å². The Bertz CT molecular complexity index is 1190. The lowest BCUT2D eigenvalue weighted by atomic mass is 10.1. The van der Waals surface area contributed by atoms with Crippen molar-refractivity contribution in [3.8, 4) is 0 Å². The highest BCUT2D eigenvalue weighted by Crippen LogP contribution is 2.29. The second-order valence-electron chi connectivity index (χ2n) is 7.37. The van der Waals surface area contributed by atoms with Crippen molar-refractivity contribution in [2.45, 2.75) is 26.6 Å². The van der Waals surface area contributed by atoms with Crippen LogP contribution in [-0.2, 0) is 19.6 Å². The van der Waals surface area contributed by atoms with Crippen molar-refractivity contribution in [3.63, 3.8) is 0 Å². The quantitative estimate of drug-likeness (QED) is 0.425. The molecule has 30 heavy (non-hydrogen) atoms. The Kier molecular flexibility index (Phi) is 5.55.